The molecule has 1 N–H and O–H groups in total. The molecule has 0 saturated carbocycles. The number of nitrogens with zero attached hydrogens (tertiary/aromatic N) is 2. The highest BCUT2D eigenvalue weighted by Gasteiger charge is 2.41. The van der Waals surface area contributed by atoms with Gasteiger partial charge in [0.15, 0.2) is 16.6 Å². The van der Waals surface area contributed by atoms with Crippen molar-refractivity contribution in [3.8, 4) is 17.2 Å². The van der Waals surface area contributed by atoms with Crippen LogP contribution in [0.1, 0.15) is 12.0 Å². The van der Waals surface area contributed by atoms with E-state index < -0.39 is 6.04 Å². The summed E-state index contributed by atoms with van der Waals surface area (Å²) in [6, 6.07) is 11.8. The lowest BCUT2D eigenvalue weighted by molar-refractivity contribution is -0.130. The van der Waals surface area contributed by atoms with Crippen molar-refractivity contribution in [1.29, 1.82) is 0 Å². The molecule has 2 aromatic rings. The number of ether oxygens (including phenoxy) is 3. The average molecular weight is 444 g/mol. The quantitative estimate of drug-likeness (QED) is 0.629. The first-order valence-corrected chi connectivity index (χ1v) is 10.0. The van der Waals surface area contributed by atoms with Gasteiger partial charge in [0.2, 0.25) is 5.91 Å². The molecule has 2 aromatic carbocycles. The molecule has 0 aromatic heterocycles. The SMILES string of the molecule is COc1ccc(NC(=O)CC2C(=O)N(C)C(=S)N2Cc2ccc(OC)c(OC)c2)cc1. The molecule has 1 aliphatic rings. The van der Waals surface area contributed by atoms with Crippen LogP contribution in [-0.2, 0) is 16.1 Å². The van der Waals surface area contributed by atoms with Gasteiger partial charge in [-0.1, -0.05) is 6.07 Å². The van der Waals surface area contributed by atoms with Crippen molar-refractivity contribution in [3.63, 3.8) is 0 Å². The number of benzene rings is 2. The standard InChI is InChI=1S/C22H25N3O5S/c1-24-21(27)17(12-20(26)23-15-6-8-16(28-2)9-7-15)25(22(24)31)13-14-5-10-18(29-3)19(11-14)30-4/h5-11,17H,12-13H2,1-4H3,(H,23,26). The van der Waals surface area contributed by atoms with Gasteiger partial charge in [-0.05, 0) is 54.2 Å². The monoisotopic (exact) mass is 443 g/mol. The molecule has 1 heterocycles. The van der Waals surface area contributed by atoms with E-state index in [2.05, 4.69) is 5.32 Å². The molecule has 9 heteroatoms. The molecule has 0 spiro atoms. The lowest BCUT2D eigenvalue weighted by Gasteiger charge is -2.24. The molecular weight excluding hydrogens is 418 g/mol. The van der Waals surface area contributed by atoms with E-state index in [1.54, 1.807) is 63.6 Å². The summed E-state index contributed by atoms with van der Waals surface area (Å²) in [6.07, 6.45) is -0.0252. The number of hydrogen-bond acceptors (Lipinski definition) is 6. The van der Waals surface area contributed by atoms with Crippen LogP contribution in [0.4, 0.5) is 5.69 Å². The number of hydrogen-bond donors (Lipinski definition) is 1. The third-order valence-electron chi connectivity index (χ3n) is 5.08. The number of amides is 2. The van der Waals surface area contributed by atoms with Crippen LogP contribution >= 0.6 is 12.2 Å². The lowest BCUT2D eigenvalue weighted by Crippen LogP contribution is -2.37. The number of carbonyl (C=O) groups excluding carboxylic acids is 2. The molecule has 0 radical (unpaired) electrons. The largest absolute Gasteiger partial charge is 0.497 e. The number of thiocarbonyl (C=S) groups is 1. The maximum Gasteiger partial charge on any atom is 0.251 e. The number of carbonyl (C=O) groups is 2. The molecule has 1 unspecified atom stereocenters. The molecule has 0 aliphatic carbocycles. The summed E-state index contributed by atoms with van der Waals surface area (Å²) in [5.41, 5.74) is 1.50. The maximum absolute atomic E-state index is 12.8. The molecule has 8 nitrogen and oxygen atoms in total. The molecule has 0 bridgehead atoms. The zero-order chi connectivity index (χ0) is 22.5. The highest BCUT2D eigenvalue weighted by Crippen LogP contribution is 2.30. The molecule has 164 valence electrons. The summed E-state index contributed by atoms with van der Waals surface area (Å²) >= 11 is 5.47. The highest BCUT2D eigenvalue weighted by molar-refractivity contribution is 7.80. The van der Waals surface area contributed by atoms with Crippen molar-refractivity contribution in [2.75, 3.05) is 33.7 Å². The van der Waals surface area contributed by atoms with Crippen LogP contribution in [0, 0.1) is 0 Å². The van der Waals surface area contributed by atoms with Crippen LogP contribution in [-0.4, -0.2) is 61.1 Å². The fraction of sp³-hybridized carbons (Fsp3) is 0.318. The molecule has 31 heavy (non-hydrogen) atoms. The van der Waals surface area contributed by atoms with Gasteiger partial charge in [0, 0.05) is 19.3 Å². The molecule has 1 aliphatic heterocycles. The van der Waals surface area contributed by atoms with Gasteiger partial charge < -0.3 is 24.4 Å². The van der Waals surface area contributed by atoms with Gasteiger partial charge in [-0.2, -0.15) is 0 Å². The van der Waals surface area contributed by atoms with Crippen LogP contribution in [0.2, 0.25) is 0 Å². The van der Waals surface area contributed by atoms with E-state index in [0.717, 1.165) is 5.56 Å². The number of likely N-dealkylation sites (N-methyl/N-ethyl adjacent to an activating group) is 1. The minimum absolute atomic E-state index is 0.0252. The normalized spacial score (nSPS) is 15.8. The van der Waals surface area contributed by atoms with Crippen LogP contribution in [0.5, 0.6) is 17.2 Å². The van der Waals surface area contributed by atoms with Gasteiger partial charge in [-0.3, -0.25) is 14.5 Å². The molecule has 1 fully saturated rings. The van der Waals surface area contributed by atoms with Crippen LogP contribution < -0.4 is 19.5 Å². The van der Waals surface area contributed by atoms with Gasteiger partial charge >= 0.3 is 0 Å². The van der Waals surface area contributed by atoms with Crippen molar-refractivity contribution >= 4 is 34.8 Å². The Morgan fingerprint density at radius 1 is 1.03 bits per heavy atom. The zero-order valence-electron chi connectivity index (χ0n) is 17.9. The Kier molecular flexibility index (Phi) is 6.96. The maximum atomic E-state index is 12.8. The molecule has 1 saturated heterocycles. The third-order valence-corrected chi connectivity index (χ3v) is 5.59. The second-order valence-corrected chi connectivity index (χ2v) is 7.36. The van der Waals surface area contributed by atoms with Gasteiger partial charge in [-0.15, -0.1) is 0 Å². The van der Waals surface area contributed by atoms with Gasteiger partial charge in [0.25, 0.3) is 5.91 Å². The minimum atomic E-state index is -0.691. The smallest absolute Gasteiger partial charge is 0.251 e. The van der Waals surface area contributed by atoms with E-state index in [1.807, 2.05) is 12.1 Å². The third kappa shape index (κ3) is 4.88. The van der Waals surface area contributed by atoms with Gasteiger partial charge in [0.05, 0.1) is 27.8 Å². The number of rotatable bonds is 8. The Bertz CT molecular complexity index is 980. The van der Waals surface area contributed by atoms with Crippen LogP contribution in [0.15, 0.2) is 42.5 Å². The van der Waals surface area contributed by atoms with E-state index in [9.17, 15) is 9.59 Å². The van der Waals surface area contributed by atoms with E-state index >= 15 is 0 Å². The minimum Gasteiger partial charge on any atom is -0.497 e. The van der Waals surface area contributed by atoms with Crippen LogP contribution in [0.25, 0.3) is 0 Å². The first kappa shape index (κ1) is 22.4. The Balaban J connectivity index is 1.74. The van der Waals surface area contributed by atoms with Crippen molar-refractivity contribution in [3.05, 3.63) is 48.0 Å². The Hall–Kier alpha value is -3.33. The molecular formula is C22H25N3O5S. The zero-order valence-corrected chi connectivity index (χ0v) is 18.7. The Morgan fingerprint density at radius 3 is 2.32 bits per heavy atom. The fourth-order valence-electron chi connectivity index (χ4n) is 3.39. The molecule has 3 rings (SSSR count). The van der Waals surface area contributed by atoms with Crippen molar-refractivity contribution < 1.29 is 23.8 Å². The summed E-state index contributed by atoms with van der Waals surface area (Å²) in [5.74, 6) is 1.39. The molecule has 2 amide bonds. The Morgan fingerprint density at radius 2 is 1.71 bits per heavy atom. The Labute approximate surface area is 186 Å². The number of nitrogens with one attached hydrogen (secondary N) is 1. The highest BCUT2D eigenvalue weighted by atomic mass is 32.1. The predicted octanol–water partition coefficient (Wildman–Crippen LogP) is 2.67. The van der Waals surface area contributed by atoms with E-state index in [-0.39, 0.29) is 18.2 Å². The topological polar surface area (TPSA) is 80.3 Å². The summed E-state index contributed by atoms with van der Waals surface area (Å²) < 4.78 is 15.8. The van der Waals surface area contributed by atoms with Crippen molar-refractivity contribution in [1.82, 2.24) is 9.80 Å². The summed E-state index contributed by atoms with van der Waals surface area (Å²) in [7, 11) is 6.32. The lowest BCUT2D eigenvalue weighted by atomic mass is 10.1. The predicted molar refractivity (Wildman–Crippen MR) is 120 cm³/mol. The van der Waals surface area contributed by atoms with E-state index in [4.69, 9.17) is 26.4 Å². The van der Waals surface area contributed by atoms with Crippen molar-refractivity contribution in [2.24, 2.45) is 0 Å². The second-order valence-electron chi connectivity index (χ2n) is 6.99. The van der Waals surface area contributed by atoms with Crippen LogP contribution in [0.3, 0.4) is 0 Å². The first-order valence-electron chi connectivity index (χ1n) is 9.61. The van der Waals surface area contributed by atoms with Gasteiger partial charge in [-0.25, -0.2) is 0 Å². The summed E-state index contributed by atoms with van der Waals surface area (Å²) in [4.78, 5) is 28.6. The number of anilines is 1. The van der Waals surface area contributed by atoms with E-state index in [0.29, 0.717) is 34.6 Å². The van der Waals surface area contributed by atoms with E-state index in [1.165, 1.54) is 4.90 Å². The van der Waals surface area contributed by atoms with Crippen molar-refractivity contribution in [2.45, 2.75) is 19.0 Å². The summed E-state index contributed by atoms with van der Waals surface area (Å²) in [6.45, 7) is 0.357. The second kappa shape index (κ2) is 9.65. The summed E-state index contributed by atoms with van der Waals surface area (Å²) in [5, 5.41) is 3.19. The fourth-order valence-corrected chi connectivity index (χ4v) is 3.67. The first-order chi connectivity index (χ1) is 14.9. The number of methoxy groups -OCH3 is 3. The van der Waals surface area contributed by atoms with Gasteiger partial charge in [0.1, 0.15) is 11.8 Å². The molecule has 1 atom stereocenters. The average Bonchev–Trinajstić information content (AvgIpc) is 2.97.